The van der Waals surface area contributed by atoms with Gasteiger partial charge in [0.05, 0.1) is 29.5 Å². The second-order valence-corrected chi connectivity index (χ2v) is 12.0. The summed E-state index contributed by atoms with van der Waals surface area (Å²) in [5.74, 6) is 1.35. The zero-order chi connectivity index (χ0) is 27.6. The number of nitrogens with one attached hydrogen (secondary N) is 1. The minimum Gasteiger partial charge on any atom is -0.497 e. The summed E-state index contributed by atoms with van der Waals surface area (Å²) in [5, 5.41) is 8.05. The maximum Gasteiger partial charge on any atom is 0.240 e. The van der Waals surface area contributed by atoms with Crippen LogP contribution in [0.15, 0.2) is 48.5 Å². The normalized spacial score (nSPS) is 16.6. The van der Waals surface area contributed by atoms with Crippen LogP contribution in [0.5, 0.6) is 5.75 Å². The Hall–Kier alpha value is -3.26. The van der Waals surface area contributed by atoms with Gasteiger partial charge in [-0.05, 0) is 50.1 Å². The molecule has 2 aromatic carbocycles. The lowest BCUT2D eigenvalue weighted by atomic mass is 9.87. The molecule has 1 aromatic heterocycles. The van der Waals surface area contributed by atoms with E-state index in [4.69, 9.17) is 9.84 Å². The molecular weight excluding hydrogens is 496 g/mol. The first-order chi connectivity index (χ1) is 18.0. The third-order valence-corrected chi connectivity index (χ3v) is 8.04. The van der Waals surface area contributed by atoms with Crippen molar-refractivity contribution in [1.29, 1.82) is 0 Å². The van der Waals surface area contributed by atoms with Crippen molar-refractivity contribution < 1.29 is 14.3 Å². The van der Waals surface area contributed by atoms with Crippen LogP contribution in [0.3, 0.4) is 0 Å². The molecule has 8 heteroatoms. The summed E-state index contributed by atoms with van der Waals surface area (Å²) >= 11 is 1.59. The van der Waals surface area contributed by atoms with E-state index in [2.05, 4.69) is 57.3 Å². The highest BCUT2D eigenvalue weighted by molar-refractivity contribution is 8.00. The number of nitrogens with zero attached hydrogens (tertiary/aromatic N) is 3. The van der Waals surface area contributed by atoms with E-state index in [0.29, 0.717) is 5.82 Å². The molecule has 0 saturated carbocycles. The monoisotopic (exact) mass is 534 g/mol. The molecule has 2 atom stereocenters. The van der Waals surface area contributed by atoms with E-state index in [1.807, 2.05) is 42.8 Å². The summed E-state index contributed by atoms with van der Waals surface area (Å²) in [5.41, 5.74) is 4.66. The van der Waals surface area contributed by atoms with Crippen LogP contribution in [0, 0.1) is 6.92 Å². The molecule has 202 valence electrons. The zero-order valence-corrected chi connectivity index (χ0v) is 24.2. The number of carbonyl (C=O) groups is 2. The lowest BCUT2D eigenvalue weighted by molar-refractivity contribution is -0.123. The van der Waals surface area contributed by atoms with Crippen molar-refractivity contribution in [2.75, 3.05) is 24.3 Å². The van der Waals surface area contributed by atoms with Crippen molar-refractivity contribution in [3.63, 3.8) is 0 Å². The van der Waals surface area contributed by atoms with Crippen LogP contribution in [0.4, 0.5) is 5.82 Å². The summed E-state index contributed by atoms with van der Waals surface area (Å²) in [4.78, 5) is 28.5. The molecule has 1 aliphatic heterocycles. The second-order valence-electron chi connectivity index (χ2n) is 10.9. The van der Waals surface area contributed by atoms with Gasteiger partial charge in [0.2, 0.25) is 11.8 Å². The lowest BCUT2D eigenvalue weighted by Gasteiger charge is -2.25. The van der Waals surface area contributed by atoms with Gasteiger partial charge in [-0.3, -0.25) is 14.5 Å². The molecule has 4 rings (SSSR count). The van der Waals surface area contributed by atoms with Gasteiger partial charge in [0.25, 0.3) is 0 Å². The molecular formula is C30H38N4O3S. The molecule has 38 heavy (non-hydrogen) atoms. The van der Waals surface area contributed by atoms with Crippen molar-refractivity contribution in [3.05, 3.63) is 70.9 Å². The maximum atomic E-state index is 13.7. The van der Waals surface area contributed by atoms with Crippen molar-refractivity contribution in [1.82, 2.24) is 15.1 Å². The van der Waals surface area contributed by atoms with E-state index >= 15 is 0 Å². The van der Waals surface area contributed by atoms with E-state index in [-0.39, 0.29) is 40.8 Å². The Morgan fingerprint density at radius 1 is 1.21 bits per heavy atom. The molecule has 1 aliphatic rings. The molecule has 0 radical (unpaired) electrons. The van der Waals surface area contributed by atoms with Crippen LogP contribution >= 0.6 is 11.8 Å². The van der Waals surface area contributed by atoms with Crippen molar-refractivity contribution in [2.24, 2.45) is 0 Å². The first kappa shape index (κ1) is 27.8. The minimum absolute atomic E-state index is 0.0232. The lowest BCUT2D eigenvalue weighted by Crippen LogP contribution is -2.44. The largest absolute Gasteiger partial charge is 0.497 e. The van der Waals surface area contributed by atoms with Crippen LogP contribution in [0.25, 0.3) is 5.69 Å². The molecule has 0 fully saturated rings. The van der Waals surface area contributed by atoms with E-state index < -0.39 is 0 Å². The highest BCUT2D eigenvalue weighted by atomic mass is 32.2. The van der Waals surface area contributed by atoms with E-state index in [9.17, 15) is 9.59 Å². The standard InChI is InChI=1S/C30H38N4O3S/c1-8-20(3)31-24(35)17-33-25(36)18-38-27(21-11-9-10-19(2)16-21)26-28(30(4,5)6)32-34(29(26)33)22-12-14-23(37-7)15-13-22/h9-16,20,27H,8,17-18H2,1-7H3,(H,31,35)/t20-,27+/m0/s1. The first-order valence-corrected chi connectivity index (χ1v) is 14.1. The van der Waals surface area contributed by atoms with Gasteiger partial charge in [0.15, 0.2) is 0 Å². The molecule has 2 heterocycles. The molecule has 1 N–H and O–H groups in total. The van der Waals surface area contributed by atoms with Crippen LogP contribution in [-0.2, 0) is 15.0 Å². The Balaban J connectivity index is 1.98. The van der Waals surface area contributed by atoms with E-state index in [1.165, 1.54) is 0 Å². The van der Waals surface area contributed by atoms with Gasteiger partial charge in [-0.1, -0.05) is 57.5 Å². The summed E-state index contributed by atoms with van der Waals surface area (Å²) < 4.78 is 7.20. The molecule has 0 saturated heterocycles. The number of amides is 2. The fourth-order valence-electron chi connectivity index (χ4n) is 4.64. The number of ether oxygens (including phenoxy) is 1. The number of rotatable bonds is 7. The molecule has 0 spiro atoms. The first-order valence-electron chi connectivity index (χ1n) is 13.1. The Labute approximate surface area is 229 Å². The van der Waals surface area contributed by atoms with Crippen molar-refractivity contribution in [2.45, 2.75) is 64.7 Å². The Kier molecular flexibility index (Phi) is 8.21. The third kappa shape index (κ3) is 5.75. The molecule has 0 unspecified atom stereocenters. The fourth-order valence-corrected chi connectivity index (χ4v) is 5.83. The van der Waals surface area contributed by atoms with E-state index in [1.54, 1.807) is 23.8 Å². The van der Waals surface area contributed by atoms with Crippen LogP contribution in [-0.4, -0.2) is 47.0 Å². The molecule has 2 amide bonds. The number of carbonyl (C=O) groups excluding carboxylic acids is 2. The predicted octanol–water partition coefficient (Wildman–Crippen LogP) is 5.57. The quantitative estimate of drug-likeness (QED) is 0.429. The summed E-state index contributed by atoms with van der Waals surface area (Å²) in [6.07, 6.45) is 0.814. The minimum atomic E-state index is -0.303. The van der Waals surface area contributed by atoms with Gasteiger partial charge in [0, 0.05) is 17.0 Å². The number of aromatic nitrogens is 2. The van der Waals surface area contributed by atoms with Gasteiger partial charge in [-0.15, -0.1) is 11.8 Å². The van der Waals surface area contributed by atoms with Gasteiger partial charge in [0.1, 0.15) is 18.1 Å². The average Bonchev–Trinajstić information content (AvgIpc) is 3.22. The fraction of sp³-hybridized carbons (Fsp3) is 0.433. The Bertz CT molecular complexity index is 1310. The van der Waals surface area contributed by atoms with Gasteiger partial charge < -0.3 is 10.1 Å². The van der Waals surface area contributed by atoms with Gasteiger partial charge in [-0.25, -0.2) is 4.68 Å². The number of anilines is 1. The average molecular weight is 535 g/mol. The predicted molar refractivity (Wildman–Crippen MR) is 155 cm³/mol. The number of fused-ring (bicyclic) bond motifs is 1. The maximum absolute atomic E-state index is 13.7. The molecule has 7 nitrogen and oxygen atoms in total. The Morgan fingerprint density at radius 2 is 1.92 bits per heavy atom. The number of aryl methyl sites for hydroxylation is 1. The Morgan fingerprint density at radius 3 is 2.53 bits per heavy atom. The molecule has 3 aromatic rings. The number of thioether (sulfide) groups is 1. The zero-order valence-electron chi connectivity index (χ0n) is 23.4. The van der Waals surface area contributed by atoms with Crippen molar-refractivity contribution in [3.8, 4) is 11.4 Å². The third-order valence-electron chi connectivity index (χ3n) is 6.78. The van der Waals surface area contributed by atoms with Crippen LogP contribution < -0.4 is 15.0 Å². The van der Waals surface area contributed by atoms with Gasteiger partial charge in [-0.2, -0.15) is 5.10 Å². The molecule has 0 bridgehead atoms. The summed E-state index contributed by atoms with van der Waals surface area (Å²) in [7, 11) is 1.63. The SMILES string of the molecule is CC[C@H](C)NC(=O)CN1C(=O)CS[C@H](c2cccc(C)c2)c2c(C(C)(C)C)nn(-c3ccc(OC)cc3)c21. The number of methoxy groups -OCH3 is 1. The van der Waals surface area contributed by atoms with Crippen LogP contribution in [0.1, 0.15) is 68.7 Å². The number of hydrogen-bond acceptors (Lipinski definition) is 5. The topological polar surface area (TPSA) is 76.5 Å². The second kappa shape index (κ2) is 11.2. The van der Waals surface area contributed by atoms with E-state index in [0.717, 1.165) is 40.2 Å². The smallest absolute Gasteiger partial charge is 0.240 e. The summed E-state index contributed by atoms with van der Waals surface area (Å²) in [6, 6.07) is 16.1. The molecule has 0 aliphatic carbocycles. The number of benzene rings is 2. The highest BCUT2D eigenvalue weighted by Crippen LogP contribution is 2.48. The number of hydrogen-bond donors (Lipinski definition) is 1. The van der Waals surface area contributed by atoms with Crippen molar-refractivity contribution >= 4 is 29.4 Å². The summed E-state index contributed by atoms with van der Waals surface area (Å²) in [6.45, 7) is 12.4. The van der Waals surface area contributed by atoms with Gasteiger partial charge >= 0.3 is 0 Å². The van der Waals surface area contributed by atoms with Crippen LogP contribution in [0.2, 0.25) is 0 Å². The highest BCUT2D eigenvalue weighted by Gasteiger charge is 2.40.